The number of hydrogen-bond acceptors (Lipinski definition) is 4. The van der Waals surface area contributed by atoms with E-state index in [1.807, 2.05) is 0 Å². The molecular weight excluding hydrogens is 459 g/mol. The molecule has 1 aliphatic rings. The van der Waals surface area contributed by atoms with Crippen molar-refractivity contribution in [3.63, 3.8) is 0 Å². The van der Waals surface area contributed by atoms with Crippen LogP contribution in [-0.4, -0.2) is 67.6 Å². The monoisotopic (exact) mass is 491 g/mol. The van der Waals surface area contributed by atoms with Crippen LogP contribution in [0.1, 0.15) is 29.8 Å². The van der Waals surface area contributed by atoms with Crippen LogP contribution in [0.3, 0.4) is 0 Å². The van der Waals surface area contributed by atoms with Gasteiger partial charge in [0.1, 0.15) is 0 Å². The topological polar surface area (TPSA) is 76.7 Å². The molecule has 0 spiro atoms. The summed E-state index contributed by atoms with van der Waals surface area (Å²) in [6.45, 7) is 8.04. The van der Waals surface area contributed by atoms with Gasteiger partial charge in [-0.25, -0.2) is 4.79 Å². The Morgan fingerprint density at radius 3 is 2.23 bits per heavy atom. The van der Waals surface area contributed by atoms with Gasteiger partial charge < -0.3 is 20.9 Å². The number of alkyl halides is 3. The molecule has 0 radical (unpaired) electrons. The predicted octanol–water partition coefficient (Wildman–Crippen LogP) is 4.35. The van der Waals surface area contributed by atoms with Crippen molar-refractivity contribution in [1.29, 1.82) is 0 Å². The molecule has 0 aromatic heterocycles. The van der Waals surface area contributed by atoms with Crippen LogP contribution in [0.25, 0.3) is 0 Å². The number of hydrogen-bond donors (Lipinski definition) is 3. The number of amides is 3. The molecule has 2 aromatic carbocycles. The van der Waals surface area contributed by atoms with Gasteiger partial charge in [-0.3, -0.25) is 9.69 Å². The lowest BCUT2D eigenvalue weighted by atomic mass is 10.0. The second kappa shape index (κ2) is 11.5. The molecule has 1 saturated heterocycles. The first-order valence-corrected chi connectivity index (χ1v) is 11.6. The molecule has 35 heavy (non-hydrogen) atoms. The number of benzene rings is 2. The molecule has 0 saturated carbocycles. The molecule has 1 aliphatic heterocycles. The number of urea groups is 1. The number of halogens is 3. The summed E-state index contributed by atoms with van der Waals surface area (Å²) in [5.74, 6) is -0.266. The van der Waals surface area contributed by atoms with Gasteiger partial charge in [0, 0.05) is 50.0 Å². The molecule has 1 fully saturated rings. The molecule has 10 heteroatoms. The number of likely N-dealkylation sites (N-methyl/N-ethyl adjacent to an activating group) is 1. The summed E-state index contributed by atoms with van der Waals surface area (Å²) in [4.78, 5) is 29.4. The van der Waals surface area contributed by atoms with E-state index >= 15 is 0 Å². The maximum atomic E-state index is 13.7. The van der Waals surface area contributed by atoms with Crippen LogP contribution in [0.5, 0.6) is 0 Å². The van der Waals surface area contributed by atoms with E-state index in [9.17, 15) is 22.8 Å². The second-order valence-corrected chi connectivity index (χ2v) is 9.06. The number of anilines is 2. The molecule has 1 unspecified atom stereocenters. The lowest BCUT2D eigenvalue weighted by Crippen LogP contribution is -2.54. The Morgan fingerprint density at radius 1 is 0.971 bits per heavy atom. The minimum Gasteiger partial charge on any atom is -0.336 e. The zero-order valence-corrected chi connectivity index (χ0v) is 20.2. The standard InChI is InChI=1S/C25H32F3N5O2/c1-17(2)22(33-13-11-32(3)12-14-33)16-29-24(35)31-21-10-9-19(15-20(21)25(26,27)28)30-23(34)18-7-5-4-6-8-18/h4-10,15,17,22H,11-14,16H2,1-3H3,(H,30,34)(H2,29,31,35). The lowest BCUT2D eigenvalue weighted by molar-refractivity contribution is -0.136. The number of piperazine rings is 1. The number of carbonyl (C=O) groups is 2. The Kier molecular flexibility index (Phi) is 8.74. The Bertz CT molecular complexity index is 1010. The zero-order valence-electron chi connectivity index (χ0n) is 20.2. The van der Waals surface area contributed by atoms with E-state index in [1.165, 1.54) is 6.07 Å². The van der Waals surface area contributed by atoms with Gasteiger partial charge in [-0.05, 0) is 43.3 Å². The number of carbonyl (C=O) groups excluding carboxylic acids is 2. The van der Waals surface area contributed by atoms with Gasteiger partial charge in [-0.15, -0.1) is 0 Å². The molecule has 3 rings (SSSR count). The Balaban J connectivity index is 1.67. The van der Waals surface area contributed by atoms with Gasteiger partial charge in [0.25, 0.3) is 5.91 Å². The highest BCUT2D eigenvalue weighted by Gasteiger charge is 2.34. The fourth-order valence-electron chi connectivity index (χ4n) is 4.06. The highest BCUT2D eigenvalue weighted by molar-refractivity contribution is 6.04. The lowest BCUT2D eigenvalue weighted by Gasteiger charge is -2.39. The fourth-order valence-corrected chi connectivity index (χ4v) is 4.06. The van der Waals surface area contributed by atoms with Gasteiger partial charge in [0.15, 0.2) is 0 Å². The number of nitrogens with zero attached hydrogens (tertiary/aromatic N) is 2. The molecule has 1 heterocycles. The van der Waals surface area contributed by atoms with E-state index < -0.39 is 23.7 Å². The fraction of sp³-hybridized carbons (Fsp3) is 0.440. The SMILES string of the molecule is CC(C)C(CNC(=O)Nc1ccc(NC(=O)c2ccccc2)cc1C(F)(F)F)N1CCN(C)CC1. The van der Waals surface area contributed by atoms with Crippen molar-refractivity contribution >= 4 is 23.3 Å². The first-order valence-electron chi connectivity index (χ1n) is 11.6. The average molecular weight is 492 g/mol. The Labute approximate surface area is 203 Å². The van der Waals surface area contributed by atoms with Crippen molar-refractivity contribution in [2.24, 2.45) is 5.92 Å². The summed E-state index contributed by atoms with van der Waals surface area (Å²) in [5.41, 5.74) is -1.12. The summed E-state index contributed by atoms with van der Waals surface area (Å²) >= 11 is 0. The van der Waals surface area contributed by atoms with Crippen molar-refractivity contribution in [3.8, 4) is 0 Å². The van der Waals surface area contributed by atoms with Crippen LogP contribution in [0, 0.1) is 5.92 Å². The highest BCUT2D eigenvalue weighted by Crippen LogP contribution is 2.36. The Hall–Kier alpha value is -3.11. The van der Waals surface area contributed by atoms with Gasteiger partial charge in [-0.2, -0.15) is 13.2 Å². The smallest absolute Gasteiger partial charge is 0.336 e. The normalized spacial score (nSPS) is 16.1. The maximum Gasteiger partial charge on any atom is 0.418 e. The molecule has 3 amide bonds. The molecule has 0 bridgehead atoms. The summed E-state index contributed by atoms with van der Waals surface area (Å²) in [6.07, 6.45) is -4.73. The maximum absolute atomic E-state index is 13.7. The molecule has 1 atom stereocenters. The van der Waals surface area contributed by atoms with Gasteiger partial charge in [0.2, 0.25) is 0 Å². The largest absolute Gasteiger partial charge is 0.418 e. The zero-order chi connectivity index (χ0) is 25.6. The Morgan fingerprint density at radius 2 is 1.63 bits per heavy atom. The van der Waals surface area contributed by atoms with Crippen molar-refractivity contribution in [2.75, 3.05) is 50.4 Å². The van der Waals surface area contributed by atoms with E-state index in [1.54, 1.807) is 30.3 Å². The van der Waals surface area contributed by atoms with Crippen LogP contribution in [0.15, 0.2) is 48.5 Å². The second-order valence-electron chi connectivity index (χ2n) is 9.06. The third-order valence-electron chi connectivity index (χ3n) is 6.12. The highest BCUT2D eigenvalue weighted by atomic mass is 19.4. The summed E-state index contributed by atoms with van der Waals surface area (Å²) in [7, 11) is 2.06. The van der Waals surface area contributed by atoms with Crippen molar-refractivity contribution in [3.05, 3.63) is 59.7 Å². The molecule has 2 aromatic rings. The van der Waals surface area contributed by atoms with Crippen molar-refractivity contribution in [2.45, 2.75) is 26.1 Å². The van der Waals surface area contributed by atoms with Gasteiger partial charge >= 0.3 is 12.2 Å². The number of nitrogens with one attached hydrogen (secondary N) is 3. The van der Waals surface area contributed by atoms with E-state index in [2.05, 4.69) is 46.6 Å². The van der Waals surface area contributed by atoms with Gasteiger partial charge in [-0.1, -0.05) is 32.0 Å². The van der Waals surface area contributed by atoms with Crippen LogP contribution >= 0.6 is 0 Å². The first-order chi connectivity index (χ1) is 16.5. The average Bonchev–Trinajstić information content (AvgIpc) is 2.81. The minimum atomic E-state index is -4.73. The van der Waals surface area contributed by atoms with Crippen molar-refractivity contribution < 1.29 is 22.8 Å². The first kappa shape index (κ1) is 26.5. The summed E-state index contributed by atoms with van der Waals surface area (Å²) < 4.78 is 41.2. The summed E-state index contributed by atoms with van der Waals surface area (Å²) in [5, 5.41) is 7.52. The molecule has 7 nitrogen and oxygen atoms in total. The van der Waals surface area contributed by atoms with E-state index in [0.29, 0.717) is 12.1 Å². The predicted molar refractivity (Wildman–Crippen MR) is 131 cm³/mol. The molecular formula is C25H32F3N5O2. The van der Waals surface area contributed by atoms with E-state index in [4.69, 9.17) is 0 Å². The quantitative estimate of drug-likeness (QED) is 0.538. The third-order valence-corrected chi connectivity index (χ3v) is 6.12. The van der Waals surface area contributed by atoms with E-state index in [0.717, 1.165) is 38.3 Å². The van der Waals surface area contributed by atoms with Crippen LogP contribution in [0.2, 0.25) is 0 Å². The number of rotatable bonds is 7. The van der Waals surface area contributed by atoms with Crippen LogP contribution < -0.4 is 16.0 Å². The minimum absolute atomic E-state index is 0.0212. The molecule has 190 valence electrons. The van der Waals surface area contributed by atoms with Crippen LogP contribution in [0.4, 0.5) is 29.3 Å². The van der Waals surface area contributed by atoms with E-state index in [-0.39, 0.29) is 23.3 Å². The summed E-state index contributed by atoms with van der Waals surface area (Å²) in [6, 6.07) is 10.8. The van der Waals surface area contributed by atoms with Crippen molar-refractivity contribution in [1.82, 2.24) is 15.1 Å². The van der Waals surface area contributed by atoms with Gasteiger partial charge in [0.05, 0.1) is 11.3 Å². The third kappa shape index (κ3) is 7.43. The molecule has 3 N–H and O–H groups in total. The van der Waals surface area contributed by atoms with Crippen LogP contribution in [-0.2, 0) is 6.18 Å². The molecule has 0 aliphatic carbocycles.